The number of amides is 2. The number of anilines is 1. The van der Waals surface area contributed by atoms with Crippen molar-refractivity contribution in [1.29, 1.82) is 0 Å². The maximum atomic E-state index is 12.3. The third kappa shape index (κ3) is 6.81. The first-order valence-corrected chi connectivity index (χ1v) is 12.4. The first-order chi connectivity index (χ1) is 15.9. The highest BCUT2D eigenvalue weighted by Gasteiger charge is 2.13. The second-order valence-corrected chi connectivity index (χ2v) is 9.18. The van der Waals surface area contributed by atoms with Gasteiger partial charge in [0, 0.05) is 17.1 Å². The molecule has 0 fully saturated rings. The van der Waals surface area contributed by atoms with E-state index in [9.17, 15) is 9.59 Å². The summed E-state index contributed by atoms with van der Waals surface area (Å²) in [5.41, 5.74) is 5.22. The molecule has 0 saturated heterocycles. The van der Waals surface area contributed by atoms with E-state index in [2.05, 4.69) is 54.6 Å². The van der Waals surface area contributed by atoms with Crippen LogP contribution in [0.2, 0.25) is 6.82 Å². The van der Waals surface area contributed by atoms with E-state index in [-0.39, 0.29) is 18.4 Å². The molecule has 0 bridgehead atoms. The quantitative estimate of drug-likeness (QED) is 0.392. The lowest BCUT2D eigenvalue weighted by molar-refractivity contribution is -0.115. The molecule has 0 spiro atoms. The number of aromatic nitrogens is 2. The molecule has 2 aromatic heterocycles. The Bertz CT molecular complexity index is 1090. The van der Waals surface area contributed by atoms with Crippen LogP contribution in [0.1, 0.15) is 55.1 Å². The Kier molecular flexibility index (Phi) is 8.89. The van der Waals surface area contributed by atoms with Gasteiger partial charge in [-0.1, -0.05) is 52.6 Å². The van der Waals surface area contributed by atoms with Gasteiger partial charge in [-0.15, -0.1) is 11.3 Å². The Hall–Kier alpha value is -2.87. The van der Waals surface area contributed by atoms with Crippen molar-refractivity contribution in [1.82, 2.24) is 14.8 Å². The molecule has 2 amide bonds. The minimum Gasteiger partial charge on any atom is -0.402 e. The lowest BCUT2D eigenvalue weighted by Gasteiger charge is -2.14. The number of hydrogen-bond donors (Lipinski definition) is 2. The van der Waals surface area contributed by atoms with Gasteiger partial charge >= 0.3 is 0 Å². The predicted molar refractivity (Wildman–Crippen MR) is 137 cm³/mol. The summed E-state index contributed by atoms with van der Waals surface area (Å²) in [4.78, 5) is 29.1. The van der Waals surface area contributed by atoms with Gasteiger partial charge < -0.3 is 15.1 Å². The van der Waals surface area contributed by atoms with Crippen LogP contribution >= 0.6 is 11.3 Å². The van der Waals surface area contributed by atoms with Crippen molar-refractivity contribution in [3.63, 3.8) is 0 Å². The summed E-state index contributed by atoms with van der Waals surface area (Å²) in [6.07, 6.45) is 7.91. The van der Waals surface area contributed by atoms with E-state index in [1.54, 1.807) is 22.9 Å². The molecule has 0 aliphatic rings. The van der Waals surface area contributed by atoms with Crippen molar-refractivity contribution in [3.05, 3.63) is 58.7 Å². The fourth-order valence-corrected chi connectivity index (χ4v) is 4.34. The number of carbonyl (C=O) groups is 2. The van der Waals surface area contributed by atoms with Crippen LogP contribution in [0.3, 0.4) is 0 Å². The molecule has 0 saturated carbocycles. The molecule has 0 aliphatic carbocycles. The first-order valence-electron chi connectivity index (χ1n) is 11.6. The van der Waals surface area contributed by atoms with Crippen LogP contribution in [0, 0.1) is 5.92 Å². The van der Waals surface area contributed by atoms with E-state index < -0.39 is 0 Å². The number of carbonyl (C=O) groups excluding carboxylic acids is 2. The molecule has 0 aliphatic heterocycles. The van der Waals surface area contributed by atoms with Gasteiger partial charge in [-0.3, -0.25) is 9.59 Å². The number of rotatable bonds is 11. The predicted octanol–water partition coefficient (Wildman–Crippen LogP) is 5.04. The number of thiazole rings is 1. The highest BCUT2D eigenvalue weighted by Crippen LogP contribution is 2.28. The molecule has 3 rings (SSSR count). The van der Waals surface area contributed by atoms with Gasteiger partial charge in [0.1, 0.15) is 0 Å². The van der Waals surface area contributed by atoms with Gasteiger partial charge in [0.05, 0.1) is 17.8 Å². The highest BCUT2D eigenvalue weighted by molar-refractivity contribution is 7.14. The van der Waals surface area contributed by atoms with Crippen molar-refractivity contribution in [3.8, 4) is 11.3 Å². The van der Waals surface area contributed by atoms with Crippen LogP contribution in [0.4, 0.5) is 5.13 Å². The third-order valence-electron chi connectivity index (χ3n) is 5.72. The zero-order valence-corrected chi connectivity index (χ0v) is 20.7. The Morgan fingerprint density at radius 1 is 1.21 bits per heavy atom. The lowest BCUT2D eigenvalue weighted by atomic mass is 9.91. The van der Waals surface area contributed by atoms with Gasteiger partial charge in [0.2, 0.25) is 13.3 Å². The highest BCUT2D eigenvalue weighted by atomic mass is 32.1. The van der Waals surface area contributed by atoms with Crippen LogP contribution in [0.5, 0.6) is 0 Å². The van der Waals surface area contributed by atoms with Crippen LogP contribution < -0.4 is 10.6 Å². The standard InChI is InChI=1S/C25H32BN4O2S/c1-5-7-18-13-20(9-8-19(18)12-17(3)6-2)22-16-33-25(28-22)29-23(31)14-27-24(32)21-10-11-30(15-21)26-4/h8-11,13,15-17H,5-7,12,14H2,1-4H3,(H,27,32)(H,28,29,31). The number of nitrogens with zero attached hydrogens (tertiary/aromatic N) is 2. The number of benzene rings is 1. The normalized spacial score (nSPS) is 11.8. The molecular weight excluding hydrogens is 431 g/mol. The van der Waals surface area contributed by atoms with Crippen LogP contribution in [-0.4, -0.2) is 35.2 Å². The molecule has 1 atom stereocenters. The van der Waals surface area contributed by atoms with Crippen LogP contribution in [0.15, 0.2) is 42.0 Å². The second-order valence-electron chi connectivity index (χ2n) is 8.33. The smallest absolute Gasteiger partial charge is 0.253 e. The monoisotopic (exact) mass is 463 g/mol. The summed E-state index contributed by atoms with van der Waals surface area (Å²) >= 11 is 1.38. The zero-order valence-electron chi connectivity index (χ0n) is 19.9. The molecular formula is C25H32BN4O2S. The van der Waals surface area contributed by atoms with Crippen LogP contribution in [0.25, 0.3) is 11.3 Å². The lowest BCUT2D eigenvalue weighted by Crippen LogP contribution is -2.32. The van der Waals surface area contributed by atoms with E-state index in [0.717, 1.165) is 30.5 Å². The van der Waals surface area contributed by atoms with Crippen LogP contribution in [-0.2, 0) is 17.6 Å². The van der Waals surface area contributed by atoms with Gasteiger partial charge in [-0.25, -0.2) is 4.98 Å². The van der Waals surface area contributed by atoms with E-state index in [1.807, 2.05) is 19.6 Å². The number of hydrogen-bond acceptors (Lipinski definition) is 4. The molecule has 33 heavy (non-hydrogen) atoms. The summed E-state index contributed by atoms with van der Waals surface area (Å²) in [5.74, 6) is 0.0748. The van der Waals surface area contributed by atoms with E-state index >= 15 is 0 Å². The summed E-state index contributed by atoms with van der Waals surface area (Å²) < 4.78 is 1.79. The molecule has 8 heteroatoms. The minimum atomic E-state index is -0.304. The van der Waals surface area contributed by atoms with Gasteiger partial charge in [0.15, 0.2) is 5.13 Å². The number of nitrogens with one attached hydrogen (secondary N) is 2. The number of aryl methyl sites for hydroxylation is 1. The molecule has 6 nitrogen and oxygen atoms in total. The first kappa shape index (κ1) is 24.8. The SMILES string of the molecule is C[B]n1ccc(C(=O)NCC(=O)Nc2nc(-c3ccc(CC(C)CC)c(CCC)c3)cs2)c1. The van der Waals surface area contributed by atoms with Crippen molar-refractivity contribution in [2.24, 2.45) is 5.92 Å². The van der Waals surface area contributed by atoms with Crippen molar-refractivity contribution in [2.45, 2.75) is 53.3 Å². The molecule has 2 N–H and O–H groups in total. The van der Waals surface area contributed by atoms with Crippen molar-refractivity contribution < 1.29 is 9.59 Å². The summed E-state index contributed by atoms with van der Waals surface area (Å²) in [6.45, 7) is 8.49. The fourth-order valence-electron chi connectivity index (χ4n) is 3.60. The van der Waals surface area contributed by atoms with E-state index in [4.69, 9.17) is 0 Å². The maximum absolute atomic E-state index is 12.3. The average Bonchev–Trinajstić information content (AvgIpc) is 3.48. The van der Waals surface area contributed by atoms with Gasteiger partial charge in [0.25, 0.3) is 5.91 Å². The van der Waals surface area contributed by atoms with Gasteiger partial charge in [-0.2, -0.15) is 0 Å². The summed E-state index contributed by atoms with van der Waals surface area (Å²) in [7, 11) is 1.84. The molecule has 1 aromatic carbocycles. The molecule has 3 aromatic rings. The van der Waals surface area contributed by atoms with Crippen molar-refractivity contribution in [2.75, 3.05) is 11.9 Å². The van der Waals surface area contributed by atoms with Gasteiger partial charge in [-0.05, 0) is 48.2 Å². The Labute approximate surface area is 201 Å². The topological polar surface area (TPSA) is 76.0 Å². The van der Waals surface area contributed by atoms with E-state index in [0.29, 0.717) is 16.6 Å². The fraction of sp³-hybridized carbons (Fsp3) is 0.400. The summed E-state index contributed by atoms with van der Waals surface area (Å²) in [5, 5.41) is 7.90. The van der Waals surface area contributed by atoms with E-state index in [1.165, 1.54) is 28.9 Å². The Morgan fingerprint density at radius 3 is 2.73 bits per heavy atom. The van der Waals surface area contributed by atoms with Crippen molar-refractivity contribution >= 4 is 35.7 Å². The largest absolute Gasteiger partial charge is 0.402 e. The Morgan fingerprint density at radius 2 is 2.03 bits per heavy atom. The molecule has 1 unspecified atom stereocenters. The summed E-state index contributed by atoms with van der Waals surface area (Å²) in [6, 6.07) is 8.30. The Balaban J connectivity index is 1.61. The zero-order chi connectivity index (χ0) is 23.8. The molecule has 173 valence electrons. The second kappa shape index (κ2) is 11.8. The molecule has 2 heterocycles. The third-order valence-corrected chi connectivity index (χ3v) is 6.48. The average molecular weight is 463 g/mol. The maximum Gasteiger partial charge on any atom is 0.253 e. The molecule has 1 radical (unpaired) electrons. The minimum absolute atomic E-state index is 0.111.